The van der Waals surface area contributed by atoms with Gasteiger partial charge in [-0.25, -0.2) is 4.79 Å². The lowest BCUT2D eigenvalue weighted by Crippen LogP contribution is -2.11. The molecule has 0 fully saturated rings. The number of non-ortho nitro benzene ring substituents is 1. The quantitative estimate of drug-likeness (QED) is 0.256. The highest BCUT2D eigenvalue weighted by Gasteiger charge is 2.22. The van der Waals surface area contributed by atoms with Crippen LogP contribution in [0.5, 0.6) is 0 Å². The van der Waals surface area contributed by atoms with E-state index in [4.69, 9.17) is 4.42 Å². The van der Waals surface area contributed by atoms with E-state index in [9.17, 15) is 27.9 Å². The highest BCUT2D eigenvalue weighted by molar-refractivity contribution is 7.86. The maximum atomic E-state index is 11.8. The smallest absolute Gasteiger partial charge is 0.338 e. The predicted molar refractivity (Wildman–Crippen MR) is 107 cm³/mol. The van der Waals surface area contributed by atoms with E-state index < -0.39 is 25.9 Å². The molecule has 1 heterocycles. The number of nitrogens with one attached hydrogen (secondary N) is 1. The van der Waals surface area contributed by atoms with Gasteiger partial charge < -0.3 is 9.73 Å². The van der Waals surface area contributed by atoms with Crippen molar-refractivity contribution < 1.29 is 22.3 Å². The van der Waals surface area contributed by atoms with Crippen molar-refractivity contribution in [3.63, 3.8) is 0 Å². The summed E-state index contributed by atoms with van der Waals surface area (Å²) in [5.41, 5.74) is 1.14. The maximum absolute atomic E-state index is 11.8. The lowest BCUT2D eigenvalue weighted by atomic mass is 10.1. The van der Waals surface area contributed by atoms with Crippen molar-refractivity contribution in [2.24, 2.45) is 0 Å². The lowest BCUT2D eigenvalue weighted by molar-refractivity contribution is -0.384. The minimum atomic E-state index is -4.19. The van der Waals surface area contributed by atoms with Crippen LogP contribution in [0.2, 0.25) is 0 Å². The van der Waals surface area contributed by atoms with Gasteiger partial charge in [-0.3, -0.25) is 14.7 Å². The van der Waals surface area contributed by atoms with Gasteiger partial charge in [-0.05, 0) is 23.6 Å². The summed E-state index contributed by atoms with van der Waals surface area (Å²) >= 11 is 0. The van der Waals surface area contributed by atoms with Crippen LogP contribution in [0, 0.1) is 10.1 Å². The Morgan fingerprint density at radius 3 is 2.45 bits per heavy atom. The third-order valence-electron chi connectivity index (χ3n) is 4.50. The van der Waals surface area contributed by atoms with Crippen LogP contribution in [0.1, 0.15) is 29.7 Å². The van der Waals surface area contributed by atoms with Crippen LogP contribution in [0.3, 0.4) is 0 Å². The maximum Gasteiger partial charge on any atom is 0.338 e. The van der Waals surface area contributed by atoms with E-state index in [2.05, 4.69) is 5.32 Å². The Bertz CT molecular complexity index is 1220. The van der Waals surface area contributed by atoms with Gasteiger partial charge >= 0.3 is 5.63 Å². The second-order valence-corrected chi connectivity index (χ2v) is 8.02. The van der Waals surface area contributed by atoms with Crippen molar-refractivity contribution in [1.29, 1.82) is 0 Å². The van der Waals surface area contributed by atoms with Crippen LogP contribution in [0.25, 0.3) is 11.0 Å². The normalized spacial score (nSPS) is 12.6. The monoisotopic (exact) mass is 418 g/mol. The standard InChI is InChI=1S/C19H18N2O7S/c1-2-18(29(25,26)27)13-5-3-12(4-6-13)11-20-16-10-19(22)28-17-8-7-14(21(23)24)9-15(16)17/h3-10,18,20H,2,11H2,1H3,(H,25,26,27). The van der Waals surface area contributed by atoms with Crippen molar-refractivity contribution in [3.8, 4) is 0 Å². The summed E-state index contributed by atoms with van der Waals surface area (Å²) in [6, 6.07) is 11.8. The summed E-state index contributed by atoms with van der Waals surface area (Å²) in [5, 5.41) is 13.5. The Hall–Kier alpha value is -3.24. The van der Waals surface area contributed by atoms with Gasteiger partial charge in [0, 0.05) is 30.1 Å². The molecule has 0 amide bonds. The fourth-order valence-electron chi connectivity index (χ4n) is 3.08. The zero-order valence-electron chi connectivity index (χ0n) is 15.4. The molecule has 3 aromatic rings. The van der Waals surface area contributed by atoms with E-state index in [1.165, 1.54) is 24.3 Å². The second-order valence-electron chi connectivity index (χ2n) is 6.42. The molecule has 0 aliphatic rings. The molecule has 2 aromatic carbocycles. The summed E-state index contributed by atoms with van der Waals surface area (Å²) in [6.45, 7) is 1.95. The Balaban J connectivity index is 1.86. The zero-order valence-corrected chi connectivity index (χ0v) is 16.2. The molecular weight excluding hydrogens is 400 g/mol. The third kappa shape index (κ3) is 4.61. The number of hydrogen-bond donors (Lipinski definition) is 2. The van der Waals surface area contributed by atoms with Gasteiger partial charge in [0.2, 0.25) is 0 Å². The van der Waals surface area contributed by atoms with Gasteiger partial charge in [0.1, 0.15) is 10.8 Å². The Morgan fingerprint density at radius 1 is 1.17 bits per heavy atom. The molecular formula is C19H18N2O7S. The highest BCUT2D eigenvalue weighted by atomic mass is 32.2. The SMILES string of the molecule is CCC(c1ccc(CNc2cc(=O)oc3ccc([N+](=O)[O-])cc23)cc1)S(=O)(=O)O. The van der Waals surface area contributed by atoms with Gasteiger partial charge in [-0.15, -0.1) is 0 Å². The van der Waals surface area contributed by atoms with Gasteiger partial charge in [-0.1, -0.05) is 31.2 Å². The molecule has 29 heavy (non-hydrogen) atoms. The number of nitro groups is 1. The van der Waals surface area contributed by atoms with Crippen LogP contribution in [0.4, 0.5) is 11.4 Å². The average Bonchev–Trinajstić information content (AvgIpc) is 2.66. The van der Waals surface area contributed by atoms with Gasteiger partial charge in [0.25, 0.3) is 15.8 Å². The molecule has 1 atom stereocenters. The molecule has 0 saturated carbocycles. The van der Waals surface area contributed by atoms with Crippen molar-refractivity contribution in [3.05, 3.63) is 80.2 Å². The van der Waals surface area contributed by atoms with E-state index in [1.807, 2.05) is 0 Å². The Labute approximate surface area is 165 Å². The van der Waals surface area contributed by atoms with E-state index in [0.29, 0.717) is 16.6 Å². The molecule has 1 aromatic heterocycles. The summed E-state index contributed by atoms with van der Waals surface area (Å²) in [4.78, 5) is 22.2. The first-order valence-corrected chi connectivity index (χ1v) is 10.2. The number of fused-ring (bicyclic) bond motifs is 1. The number of rotatable bonds is 7. The minimum absolute atomic E-state index is 0.130. The highest BCUT2D eigenvalue weighted by Crippen LogP contribution is 2.27. The van der Waals surface area contributed by atoms with Crippen LogP contribution in [-0.4, -0.2) is 17.9 Å². The minimum Gasteiger partial charge on any atom is -0.423 e. The first-order valence-electron chi connectivity index (χ1n) is 8.70. The van der Waals surface area contributed by atoms with Gasteiger partial charge in [-0.2, -0.15) is 8.42 Å². The van der Waals surface area contributed by atoms with E-state index in [-0.39, 0.29) is 24.2 Å². The van der Waals surface area contributed by atoms with Crippen molar-refractivity contribution in [2.45, 2.75) is 25.1 Å². The lowest BCUT2D eigenvalue weighted by Gasteiger charge is -2.13. The first kappa shape index (κ1) is 20.5. The largest absolute Gasteiger partial charge is 0.423 e. The van der Waals surface area contributed by atoms with Crippen LogP contribution >= 0.6 is 0 Å². The average molecular weight is 418 g/mol. The molecule has 0 saturated heterocycles. The fourth-order valence-corrected chi connectivity index (χ4v) is 4.00. The molecule has 0 aliphatic carbocycles. The van der Waals surface area contributed by atoms with Gasteiger partial charge in [0.15, 0.2) is 0 Å². The van der Waals surface area contributed by atoms with Crippen molar-refractivity contribution in [2.75, 3.05) is 5.32 Å². The van der Waals surface area contributed by atoms with E-state index >= 15 is 0 Å². The number of nitro benzene ring substituents is 1. The predicted octanol–water partition coefficient (Wildman–Crippen LogP) is 3.65. The zero-order chi connectivity index (χ0) is 21.2. The second kappa shape index (κ2) is 8.02. The molecule has 3 rings (SSSR count). The Morgan fingerprint density at radius 2 is 1.86 bits per heavy atom. The first-order chi connectivity index (χ1) is 13.7. The number of benzene rings is 2. The number of nitrogens with zero attached hydrogens (tertiary/aromatic N) is 1. The van der Waals surface area contributed by atoms with E-state index in [1.54, 1.807) is 31.2 Å². The summed E-state index contributed by atoms with van der Waals surface area (Å²) in [5.74, 6) is 0. The number of hydrogen-bond acceptors (Lipinski definition) is 7. The fraction of sp³-hybridized carbons (Fsp3) is 0.211. The summed E-state index contributed by atoms with van der Waals surface area (Å²) < 4.78 is 37.3. The molecule has 1 unspecified atom stereocenters. The van der Waals surface area contributed by atoms with E-state index in [0.717, 1.165) is 5.56 Å². The number of anilines is 1. The molecule has 0 aliphatic heterocycles. The Kier molecular flexibility index (Phi) is 5.66. The molecule has 10 heteroatoms. The summed E-state index contributed by atoms with van der Waals surface area (Å²) in [6.07, 6.45) is 0.237. The van der Waals surface area contributed by atoms with Crippen molar-refractivity contribution >= 4 is 32.5 Å². The third-order valence-corrected chi connectivity index (χ3v) is 5.83. The topological polar surface area (TPSA) is 140 Å². The van der Waals surface area contributed by atoms with Crippen LogP contribution in [-0.2, 0) is 16.7 Å². The van der Waals surface area contributed by atoms with Gasteiger partial charge in [0.05, 0.1) is 10.6 Å². The molecule has 152 valence electrons. The van der Waals surface area contributed by atoms with Crippen LogP contribution < -0.4 is 10.9 Å². The summed E-state index contributed by atoms with van der Waals surface area (Å²) in [7, 11) is -4.19. The molecule has 0 bridgehead atoms. The molecule has 0 radical (unpaired) electrons. The molecule has 9 nitrogen and oxygen atoms in total. The molecule has 2 N–H and O–H groups in total. The van der Waals surface area contributed by atoms with Crippen molar-refractivity contribution in [1.82, 2.24) is 0 Å². The van der Waals surface area contributed by atoms with Crippen LogP contribution in [0.15, 0.2) is 57.7 Å². The molecule has 0 spiro atoms.